The molecule has 0 saturated carbocycles. The summed E-state index contributed by atoms with van der Waals surface area (Å²) in [5.41, 5.74) is 1.05. The number of hydrogen-bond donors (Lipinski definition) is 1. The zero-order valence-corrected chi connectivity index (χ0v) is 11.0. The molecular formula is C14H19NO3. The number of anilines is 1. The van der Waals surface area contributed by atoms with Crippen molar-refractivity contribution in [1.82, 2.24) is 0 Å². The second-order valence-corrected chi connectivity index (χ2v) is 5.42. The highest BCUT2D eigenvalue weighted by Crippen LogP contribution is 2.26. The monoisotopic (exact) mass is 249 g/mol. The molecule has 0 amide bonds. The van der Waals surface area contributed by atoms with Crippen molar-refractivity contribution < 1.29 is 14.6 Å². The highest BCUT2D eigenvalue weighted by Gasteiger charge is 2.31. The van der Waals surface area contributed by atoms with E-state index >= 15 is 0 Å². The van der Waals surface area contributed by atoms with E-state index in [1.54, 1.807) is 18.2 Å². The van der Waals surface area contributed by atoms with Gasteiger partial charge in [0.1, 0.15) is 0 Å². The Balaban J connectivity index is 2.25. The summed E-state index contributed by atoms with van der Waals surface area (Å²) in [4.78, 5) is 13.2. The van der Waals surface area contributed by atoms with Crippen LogP contribution >= 0.6 is 0 Å². The van der Waals surface area contributed by atoms with Crippen LogP contribution in [0.3, 0.4) is 0 Å². The molecule has 1 heterocycles. The summed E-state index contributed by atoms with van der Waals surface area (Å²) >= 11 is 0. The average molecular weight is 249 g/mol. The Bertz CT molecular complexity index is 456. The molecular weight excluding hydrogens is 230 g/mol. The Kier molecular flexibility index (Phi) is 3.30. The summed E-state index contributed by atoms with van der Waals surface area (Å²) in [6.45, 7) is 7.69. The maximum Gasteiger partial charge on any atom is 0.335 e. The largest absolute Gasteiger partial charge is 0.478 e. The van der Waals surface area contributed by atoms with E-state index in [4.69, 9.17) is 9.84 Å². The van der Waals surface area contributed by atoms with Crippen molar-refractivity contribution in [3.8, 4) is 0 Å². The quantitative estimate of drug-likeness (QED) is 0.874. The van der Waals surface area contributed by atoms with Gasteiger partial charge in [0, 0.05) is 18.8 Å². The predicted octanol–water partition coefficient (Wildman–Crippen LogP) is 2.39. The molecule has 1 aromatic rings. The topological polar surface area (TPSA) is 49.8 Å². The predicted molar refractivity (Wildman–Crippen MR) is 70.2 cm³/mol. The lowest BCUT2D eigenvalue weighted by atomic mass is 10.0. The van der Waals surface area contributed by atoms with Gasteiger partial charge >= 0.3 is 5.97 Å². The maximum absolute atomic E-state index is 11.0. The van der Waals surface area contributed by atoms with E-state index in [1.165, 1.54) is 0 Å². The number of carboxylic acids is 1. The second-order valence-electron chi connectivity index (χ2n) is 5.42. The van der Waals surface area contributed by atoms with Crippen molar-refractivity contribution >= 4 is 11.7 Å². The number of ether oxygens (including phenoxy) is 1. The normalized spacial score (nSPS) is 22.8. The Morgan fingerprint density at radius 2 is 2.22 bits per heavy atom. The van der Waals surface area contributed by atoms with Crippen molar-refractivity contribution in [2.45, 2.75) is 32.5 Å². The molecule has 1 aromatic carbocycles. The van der Waals surface area contributed by atoms with Crippen LogP contribution in [0.4, 0.5) is 5.69 Å². The number of hydrogen-bond acceptors (Lipinski definition) is 3. The fourth-order valence-electron chi connectivity index (χ4n) is 2.49. The van der Waals surface area contributed by atoms with Crippen LogP contribution in [0, 0.1) is 0 Å². The summed E-state index contributed by atoms with van der Waals surface area (Å²) < 4.78 is 5.85. The Morgan fingerprint density at radius 1 is 1.50 bits per heavy atom. The molecule has 1 aliphatic rings. The van der Waals surface area contributed by atoms with Crippen LogP contribution in [-0.2, 0) is 4.74 Å². The SMILES string of the molecule is CC1CN(c2cccc(C(=O)O)c2)CC(C)(C)O1. The highest BCUT2D eigenvalue weighted by molar-refractivity contribution is 5.88. The molecule has 0 aliphatic carbocycles. The smallest absolute Gasteiger partial charge is 0.335 e. The summed E-state index contributed by atoms with van der Waals surface area (Å²) in [7, 11) is 0. The standard InChI is InChI=1S/C14H19NO3/c1-10-8-15(9-14(2,3)18-10)12-6-4-5-11(7-12)13(16)17/h4-7,10H,8-9H2,1-3H3,(H,16,17). The van der Waals surface area contributed by atoms with E-state index in [9.17, 15) is 4.79 Å². The Labute approximate surface area is 107 Å². The van der Waals surface area contributed by atoms with Gasteiger partial charge in [0.2, 0.25) is 0 Å². The van der Waals surface area contributed by atoms with Gasteiger partial charge in [-0.1, -0.05) is 6.07 Å². The van der Waals surface area contributed by atoms with Crippen molar-refractivity contribution in [2.24, 2.45) is 0 Å². The number of aromatic carboxylic acids is 1. The molecule has 4 nitrogen and oxygen atoms in total. The first kappa shape index (κ1) is 12.9. The average Bonchev–Trinajstić information content (AvgIpc) is 2.26. The highest BCUT2D eigenvalue weighted by atomic mass is 16.5. The molecule has 1 aliphatic heterocycles. The second kappa shape index (κ2) is 4.61. The number of carbonyl (C=O) groups is 1. The lowest BCUT2D eigenvalue weighted by Crippen LogP contribution is -2.52. The minimum atomic E-state index is -0.891. The molecule has 2 rings (SSSR count). The third kappa shape index (κ3) is 2.82. The van der Waals surface area contributed by atoms with Crippen molar-refractivity contribution in [1.29, 1.82) is 0 Å². The lowest BCUT2D eigenvalue weighted by molar-refractivity contribution is -0.0749. The van der Waals surface area contributed by atoms with E-state index in [0.717, 1.165) is 18.8 Å². The van der Waals surface area contributed by atoms with Gasteiger partial charge in [-0.2, -0.15) is 0 Å². The number of nitrogens with zero attached hydrogens (tertiary/aromatic N) is 1. The molecule has 1 N–H and O–H groups in total. The van der Waals surface area contributed by atoms with Gasteiger partial charge in [-0.05, 0) is 39.0 Å². The van der Waals surface area contributed by atoms with E-state index in [1.807, 2.05) is 13.0 Å². The van der Waals surface area contributed by atoms with Gasteiger partial charge in [-0.15, -0.1) is 0 Å². The number of rotatable bonds is 2. The van der Waals surface area contributed by atoms with Crippen molar-refractivity contribution in [3.63, 3.8) is 0 Å². The molecule has 1 saturated heterocycles. The van der Waals surface area contributed by atoms with Gasteiger partial charge in [-0.3, -0.25) is 0 Å². The van der Waals surface area contributed by atoms with Crippen LogP contribution in [0.15, 0.2) is 24.3 Å². The fraction of sp³-hybridized carbons (Fsp3) is 0.500. The maximum atomic E-state index is 11.0. The molecule has 0 bridgehead atoms. The molecule has 1 fully saturated rings. The van der Waals surface area contributed by atoms with Crippen LogP contribution in [0.5, 0.6) is 0 Å². The minimum absolute atomic E-state index is 0.141. The van der Waals surface area contributed by atoms with E-state index in [2.05, 4.69) is 18.7 Å². The van der Waals surface area contributed by atoms with Gasteiger partial charge in [0.25, 0.3) is 0 Å². The molecule has 0 aromatic heterocycles. The molecule has 1 atom stereocenters. The van der Waals surface area contributed by atoms with E-state index in [0.29, 0.717) is 5.56 Å². The summed E-state index contributed by atoms with van der Waals surface area (Å²) in [6.07, 6.45) is 0.141. The van der Waals surface area contributed by atoms with E-state index in [-0.39, 0.29) is 11.7 Å². The summed E-state index contributed by atoms with van der Waals surface area (Å²) in [5, 5.41) is 9.02. The van der Waals surface area contributed by atoms with Crippen molar-refractivity contribution in [3.05, 3.63) is 29.8 Å². The summed E-state index contributed by atoms with van der Waals surface area (Å²) in [5.74, 6) is -0.891. The lowest BCUT2D eigenvalue weighted by Gasteiger charge is -2.43. The summed E-state index contributed by atoms with van der Waals surface area (Å²) in [6, 6.07) is 7.06. The minimum Gasteiger partial charge on any atom is -0.478 e. The van der Waals surface area contributed by atoms with Crippen LogP contribution in [0.2, 0.25) is 0 Å². The number of morpholine rings is 1. The van der Waals surface area contributed by atoms with Gasteiger partial charge in [-0.25, -0.2) is 4.79 Å². The molecule has 1 unspecified atom stereocenters. The number of benzene rings is 1. The first-order chi connectivity index (χ1) is 8.37. The molecule has 4 heteroatoms. The molecule has 98 valence electrons. The van der Waals surface area contributed by atoms with Crippen LogP contribution in [0.1, 0.15) is 31.1 Å². The van der Waals surface area contributed by atoms with Gasteiger partial charge in [0.15, 0.2) is 0 Å². The zero-order valence-electron chi connectivity index (χ0n) is 11.0. The van der Waals surface area contributed by atoms with Gasteiger partial charge in [0.05, 0.1) is 17.3 Å². The third-order valence-electron chi connectivity index (χ3n) is 3.03. The zero-order chi connectivity index (χ0) is 13.3. The Morgan fingerprint density at radius 3 is 2.83 bits per heavy atom. The molecule has 0 radical (unpaired) electrons. The third-order valence-corrected chi connectivity index (χ3v) is 3.03. The van der Waals surface area contributed by atoms with Gasteiger partial charge < -0.3 is 14.7 Å². The van der Waals surface area contributed by atoms with Crippen molar-refractivity contribution in [2.75, 3.05) is 18.0 Å². The Hall–Kier alpha value is -1.55. The molecule has 0 spiro atoms. The van der Waals surface area contributed by atoms with E-state index < -0.39 is 5.97 Å². The van der Waals surface area contributed by atoms with Crippen LogP contribution in [-0.4, -0.2) is 35.9 Å². The first-order valence-corrected chi connectivity index (χ1v) is 6.13. The fourth-order valence-corrected chi connectivity index (χ4v) is 2.49. The first-order valence-electron chi connectivity index (χ1n) is 6.13. The number of carboxylic acid groups (broad SMARTS) is 1. The molecule has 18 heavy (non-hydrogen) atoms. The van der Waals surface area contributed by atoms with Crippen LogP contribution < -0.4 is 4.90 Å². The van der Waals surface area contributed by atoms with Crippen LogP contribution in [0.25, 0.3) is 0 Å².